The Morgan fingerprint density at radius 2 is 1.79 bits per heavy atom. The number of carbonyl (C=O) groups excluding carboxylic acids is 2. The third-order valence-electron chi connectivity index (χ3n) is 4.59. The van der Waals surface area contributed by atoms with Crippen LogP contribution in [0.1, 0.15) is 13.8 Å². The first-order valence-electron chi connectivity index (χ1n) is 9.77. The van der Waals surface area contributed by atoms with Gasteiger partial charge in [-0.15, -0.1) is 0 Å². The Morgan fingerprint density at radius 3 is 2.45 bits per heavy atom. The van der Waals surface area contributed by atoms with Crippen molar-refractivity contribution in [3.63, 3.8) is 0 Å². The number of benzene rings is 2. The third-order valence-corrected chi connectivity index (χ3v) is 4.91. The molecule has 2 aromatic heterocycles. The molecule has 2 heterocycles. The summed E-state index contributed by atoms with van der Waals surface area (Å²) in [5.41, 5.74) is 1.43. The van der Waals surface area contributed by atoms with E-state index in [-0.39, 0.29) is 34.7 Å². The van der Waals surface area contributed by atoms with Gasteiger partial charge in [-0.1, -0.05) is 28.9 Å². The van der Waals surface area contributed by atoms with E-state index in [2.05, 4.69) is 20.4 Å². The van der Waals surface area contributed by atoms with E-state index in [1.807, 2.05) is 0 Å². The predicted molar refractivity (Wildman–Crippen MR) is 121 cm³/mol. The highest BCUT2D eigenvalue weighted by atomic mass is 35.5. The van der Waals surface area contributed by atoms with Gasteiger partial charge in [-0.05, 0) is 42.5 Å². The predicted octanol–water partition coefficient (Wildman–Crippen LogP) is 5.23. The summed E-state index contributed by atoms with van der Waals surface area (Å²) in [4.78, 5) is 34.2. The molecule has 33 heavy (non-hydrogen) atoms. The molecular formula is C23H17ClFN5O3. The normalized spacial score (nSPS) is 10.7. The van der Waals surface area contributed by atoms with Crippen LogP contribution in [0, 0.1) is 5.82 Å². The van der Waals surface area contributed by atoms with Gasteiger partial charge in [0, 0.05) is 25.6 Å². The minimum atomic E-state index is -0.422. The molecule has 2 aromatic carbocycles. The van der Waals surface area contributed by atoms with Crippen LogP contribution in [0.25, 0.3) is 22.6 Å². The number of halogens is 2. The molecule has 2 amide bonds. The molecule has 0 saturated heterocycles. The maximum absolute atomic E-state index is 13.5. The fraction of sp³-hybridized carbons (Fsp3) is 0.0870. The van der Waals surface area contributed by atoms with Crippen LogP contribution in [0.2, 0.25) is 5.02 Å². The maximum atomic E-state index is 13.5. The smallest absolute Gasteiger partial charge is 0.250 e. The van der Waals surface area contributed by atoms with Gasteiger partial charge in [0.25, 0.3) is 0 Å². The van der Waals surface area contributed by atoms with Gasteiger partial charge in [0.1, 0.15) is 22.9 Å². The van der Waals surface area contributed by atoms with E-state index in [9.17, 15) is 14.0 Å². The van der Waals surface area contributed by atoms with Gasteiger partial charge < -0.3 is 9.84 Å². The second kappa shape index (κ2) is 9.17. The lowest BCUT2D eigenvalue weighted by atomic mass is 10.1. The van der Waals surface area contributed by atoms with E-state index in [1.54, 1.807) is 24.3 Å². The molecule has 0 fully saturated rings. The van der Waals surface area contributed by atoms with Crippen LogP contribution in [-0.2, 0) is 9.59 Å². The summed E-state index contributed by atoms with van der Waals surface area (Å²) in [6.45, 7) is 2.70. The van der Waals surface area contributed by atoms with Crippen molar-refractivity contribution in [2.75, 3.05) is 10.2 Å². The van der Waals surface area contributed by atoms with Crippen LogP contribution in [0.15, 0.2) is 65.3 Å². The number of carbonyl (C=O) groups is 2. The Kier molecular flexibility index (Phi) is 6.14. The number of amides is 2. The summed E-state index contributed by atoms with van der Waals surface area (Å²) in [5, 5.41) is 7.04. The fourth-order valence-electron chi connectivity index (χ4n) is 3.22. The SMILES string of the molecule is CC(=O)Nc1ccnc(-c2c(-c3ccc(F)cc3)noc2N(C(C)=O)c2ccccc2Cl)n1. The summed E-state index contributed by atoms with van der Waals surface area (Å²) < 4.78 is 19.2. The van der Waals surface area contributed by atoms with Crippen LogP contribution in [0.5, 0.6) is 0 Å². The van der Waals surface area contributed by atoms with E-state index < -0.39 is 11.7 Å². The van der Waals surface area contributed by atoms with Gasteiger partial charge in [0.2, 0.25) is 17.7 Å². The molecule has 1 N–H and O–H groups in total. The first kappa shape index (κ1) is 22.1. The number of hydrogen-bond donors (Lipinski definition) is 1. The topological polar surface area (TPSA) is 101 Å². The van der Waals surface area contributed by atoms with Crippen molar-refractivity contribution in [3.05, 3.63) is 71.6 Å². The molecule has 0 spiro atoms. The molecule has 0 saturated carbocycles. The van der Waals surface area contributed by atoms with Crippen molar-refractivity contribution in [1.82, 2.24) is 15.1 Å². The Bertz CT molecular complexity index is 1340. The van der Waals surface area contributed by atoms with E-state index in [1.165, 1.54) is 55.3 Å². The Labute approximate surface area is 193 Å². The Morgan fingerprint density at radius 1 is 1.06 bits per heavy atom. The van der Waals surface area contributed by atoms with E-state index >= 15 is 0 Å². The Balaban J connectivity index is 1.97. The fourth-order valence-corrected chi connectivity index (χ4v) is 3.44. The van der Waals surface area contributed by atoms with Gasteiger partial charge in [-0.3, -0.25) is 9.59 Å². The number of para-hydroxylation sites is 1. The van der Waals surface area contributed by atoms with Gasteiger partial charge in [0.05, 0.1) is 10.7 Å². The molecule has 4 rings (SSSR count). The van der Waals surface area contributed by atoms with E-state index in [0.717, 1.165) is 0 Å². The molecule has 0 aliphatic heterocycles. The third kappa shape index (κ3) is 4.58. The summed E-state index contributed by atoms with van der Waals surface area (Å²) in [6, 6.07) is 13.9. The number of nitrogens with zero attached hydrogens (tertiary/aromatic N) is 4. The van der Waals surface area contributed by atoms with Crippen molar-refractivity contribution in [1.29, 1.82) is 0 Å². The quantitative estimate of drug-likeness (QED) is 0.433. The standard InChI is InChI=1S/C23H17ClFN5O3/c1-13(31)27-19-11-12-26-22(28-19)20-21(15-7-9-16(25)10-8-15)29-33-23(20)30(14(2)32)18-6-4-3-5-17(18)24/h3-12H,1-2H3,(H,26,27,28,31). The van der Waals surface area contributed by atoms with Crippen LogP contribution >= 0.6 is 11.6 Å². The molecule has 166 valence electrons. The van der Waals surface area contributed by atoms with Crippen molar-refractivity contribution < 1.29 is 18.5 Å². The molecule has 10 heteroatoms. The summed E-state index contributed by atoms with van der Waals surface area (Å²) in [5.74, 6) is -0.731. The van der Waals surface area contributed by atoms with Crippen LogP contribution in [0.3, 0.4) is 0 Å². The Hall–Kier alpha value is -4.11. The van der Waals surface area contributed by atoms with Crippen LogP contribution < -0.4 is 10.2 Å². The summed E-state index contributed by atoms with van der Waals surface area (Å²) in [6.07, 6.45) is 1.45. The average molecular weight is 466 g/mol. The van der Waals surface area contributed by atoms with Crippen LogP contribution in [-0.4, -0.2) is 26.9 Å². The highest BCUT2D eigenvalue weighted by Gasteiger charge is 2.30. The summed E-state index contributed by atoms with van der Waals surface area (Å²) in [7, 11) is 0. The minimum Gasteiger partial charge on any atom is -0.336 e. The molecule has 8 nitrogen and oxygen atoms in total. The largest absolute Gasteiger partial charge is 0.336 e. The monoisotopic (exact) mass is 465 g/mol. The number of aromatic nitrogens is 3. The van der Waals surface area contributed by atoms with Gasteiger partial charge in [-0.25, -0.2) is 19.3 Å². The van der Waals surface area contributed by atoms with Gasteiger partial charge in [0.15, 0.2) is 5.82 Å². The van der Waals surface area contributed by atoms with Gasteiger partial charge in [-0.2, -0.15) is 0 Å². The zero-order valence-corrected chi connectivity index (χ0v) is 18.3. The van der Waals surface area contributed by atoms with Crippen molar-refractivity contribution in [3.8, 4) is 22.6 Å². The number of hydrogen-bond acceptors (Lipinski definition) is 6. The average Bonchev–Trinajstić information content (AvgIpc) is 3.20. The van der Waals surface area contributed by atoms with Crippen LogP contribution in [0.4, 0.5) is 21.8 Å². The van der Waals surface area contributed by atoms with E-state index in [4.69, 9.17) is 16.1 Å². The molecule has 0 bridgehead atoms. The lowest BCUT2D eigenvalue weighted by molar-refractivity contribution is -0.116. The molecule has 0 unspecified atom stereocenters. The van der Waals surface area contributed by atoms with E-state index in [0.29, 0.717) is 16.3 Å². The molecule has 0 radical (unpaired) electrons. The highest BCUT2D eigenvalue weighted by molar-refractivity contribution is 6.34. The minimum absolute atomic E-state index is 0.0231. The first-order chi connectivity index (χ1) is 15.8. The number of anilines is 3. The number of nitrogens with one attached hydrogen (secondary N) is 1. The lowest BCUT2D eigenvalue weighted by Gasteiger charge is -2.20. The lowest BCUT2D eigenvalue weighted by Crippen LogP contribution is -2.23. The van der Waals surface area contributed by atoms with Crippen molar-refractivity contribution >= 4 is 40.8 Å². The molecule has 0 aliphatic rings. The van der Waals surface area contributed by atoms with Gasteiger partial charge >= 0.3 is 0 Å². The first-order valence-corrected chi connectivity index (χ1v) is 10.1. The summed E-state index contributed by atoms with van der Waals surface area (Å²) >= 11 is 6.36. The molecule has 4 aromatic rings. The zero-order valence-electron chi connectivity index (χ0n) is 17.5. The second-order valence-corrected chi connectivity index (χ2v) is 7.38. The van der Waals surface area contributed by atoms with Crippen molar-refractivity contribution in [2.45, 2.75) is 13.8 Å². The highest BCUT2D eigenvalue weighted by Crippen LogP contribution is 2.42. The molecular weight excluding hydrogens is 449 g/mol. The molecule has 0 atom stereocenters. The second-order valence-electron chi connectivity index (χ2n) is 6.97. The van der Waals surface area contributed by atoms with Crippen molar-refractivity contribution in [2.24, 2.45) is 0 Å². The maximum Gasteiger partial charge on any atom is 0.250 e. The molecule has 0 aliphatic carbocycles. The zero-order chi connectivity index (χ0) is 23.5. The number of rotatable bonds is 5.